The van der Waals surface area contributed by atoms with Crippen LogP contribution in [0.1, 0.15) is 66.4 Å². The van der Waals surface area contributed by atoms with E-state index in [1.807, 2.05) is 0 Å². The van der Waals surface area contributed by atoms with Gasteiger partial charge in [0, 0.05) is 5.41 Å². The first-order chi connectivity index (χ1) is 11.8. The Morgan fingerprint density at radius 2 is 1.58 bits per heavy atom. The molecule has 0 aliphatic heterocycles. The molecule has 0 N–H and O–H groups in total. The minimum Gasteiger partial charge on any atom is -0.299 e. The smallest absolute Gasteiger partial charge is 0.297 e. The molecule has 0 amide bonds. The number of Topliss-reactive ketones (excluding diaryl/α,β-unsaturated/α-hetero) is 2. The van der Waals surface area contributed by atoms with Gasteiger partial charge in [-0.3, -0.25) is 13.8 Å². The molecule has 0 fully saturated rings. The van der Waals surface area contributed by atoms with E-state index >= 15 is 0 Å². The number of rotatable bonds is 8. The molecule has 0 saturated carbocycles. The van der Waals surface area contributed by atoms with Gasteiger partial charge in [-0.25, -0.2) is 0 Å². The molecule has 2 atom stereocenters. The molecule has 1 aromatic carbocycles. The van der Waals surface area contributed by atoms with Crippen LogP contribution < -0.4 is 0 Å². The van der Waals surface area contributed by atoms with E-state index in [0.29, 0.717) is 5.92 Å². The number of hydrogen-bond acceptors (Lipinski definition) is 5. The van der Waals surface area contributed by atoms with Crippen molar-refractivity contribution in [2.75, 3.05) is 6.61 Å². The van der Waals surface area contributed by atoms with Gasteiger partial charge in [0.05, 0.1) is 11.5 Å². The van der Waals surface area contributed by atoms with E-state index in [2.05, 4.69) is 13.8 Å². The second-order valence-corrected chi connectivity index (χ2v) is 9.68. The summed E-state index contributed by atoms with van der Waals surface area (Å²) in [5.41, 5.74) is -1.25. The SMILES string of the molecule is CCC(C)c1ccc(S(=O)(=O)OCC(C)(C(C)=O)C(=O)C(C)(C)C)cc1. The van der Waals surface area contributed by atoms with Gasteiger partial charge in [-0.15, -0.1) is 0 Å². The Morgan fingerprint density at radius 3 is 1.96 bits per heavy atom. The lowest BCUT2D eigenvalue weighted by Crippen LogP contribution is -2.45. The van der Waals surface area contributed by atoms with Gasteiger partial charge in [0.15, 0.2) is 5.78 Å². The molecule has 0 bridgehead atoms. The third-order valence-electron chi connectivity index (χ3n) is 4.81. The Kier molecular flexibility index (Phi) is 6.93. The summed E-state index contributed by atoms with van der Waals surface area (Å²) in [5, 5.41) is 0. The molecule has 0 radical (unpaired) electrons. The van der Waals surface area contributed by atoms with Gasteiger partial charge in [-0.1, -0.05) is 46.8 Å². The molecule has 2 unspecified atom stereocenters. The van der Waals surface area contributed by atoms with E-state index in [9.17, 15) is 18.0 Å². The Hall–Kier alpha value is -1.53. The fourth-order valence-electron chi connectivity index (χ4n) is 2.62. The van der Waals surface area contributed by atoms with Gasteiger partial charge in [-0.05, 0) is 43.9 Å². The first-order valence-electron chi connectivity index (χ1n) is 8.81. The van der Waals surface area contributed by atoms with Crippen molar-refractivity contribution in [1.29, 1.82) is 0 Å². The second kappa shape index (κ2) is 8.01. The number of hydrogen-bond donors (Lipinski definition) is 0. The summed E-state index contributed by atoms with van der Waals surface area (Å²) < 4.78 is 30.1. The quantitative estimate of drug-likeness (QED) is 0.499. The maximum Gasteiger partial charge on any atom is 0.297 e. The topological polar surface area (TPSA) is 77.5 Å². The second-order valence-electron chi connectivity index (χ2n) is 8.06. The normalized spacial score (nSPS) is 16.0. The van der Waals surface area contributed by atoms with Crippen LogP contribution in [0.5, 0.6) is 0 Å². The molecule has 5 nitrogen and oxygen atoms in total. The van der Waals surface area contributed by atoms with Crippen molar-refractivity contribution < 1.29 is 22.2 Å². The molecule has 0 heterocycles. The monoisotopic (exact) mass is 382 g/mol. The lowest BCUT2D eigenvalue weighted by atomic mass is 9.72. The fraction of sp³-hybridized carbons (Fsp3) is 0.600. The molecule has 0 spiro atoms. The van der Waals surface area contributed by atoms with Crippen LogP contribution in [0.15, 0.2) is 29.2 Å². The maximum atomic E-state index is 12.6. The van der Waals surface area contributed by atoms with E-state index < -0.39 is 33.3 Å². The summed E-state index contributed by atoms with van der Waals surface area (Å²) in [6, 6.07) is 6.50. The zero-order valence-electron chi connectivity index (χ0n) is 16.8. The average molecular weight is 383 g/mol. The van der Waals surface area contributed by atoms with Crippen molar-refractivity contribution in [2.45, 2.75) is 65.7 Å². The van der Waals surface area contributed by atoms with Crippen LogP contribution in [0, 0.1) is 10.8 Å². The number of ketones is 2. The summed E-state index contributed by atoms with van der Waals surface area (Å²) in [4.78, 5) is 24.7. The van der Waals surface area contributed by atoms with Crippen LogP contribution in [0.4, 0.5) is 0 Å². The van der Waals surface area contributed by atoms with Crippen molar-refractivity contribution in [2.24, 2.45) is 10.8 Å². The van der Waals surface area contributed by atoms with E-state index in [-0.39, 0.29) is 10.7 Å². The minimum atomic E-state index is -4.06. The van der Waals surface area contributed by atoms with Gasteiger partial charge < -0.3 is 0 Å². The van der Waals surface area contributed by atoms with Gasteiger partial charge in [0.1, 0.15) is 11.2 Å². The first-order valence-corrected chi connectivity index (χ1v) is 10.2. The first kappa shape index (κ1) is 22.5. The van der Waals surface area contributed by atoms with E-state index in [4.69, 9.17) is 4.18 Å². The molecular weight excluding hydrogens is 352 g/mol. The molecule has 0 aliphatic rings. The van der Waals surface area contributed by atoms with Crippen LogP contribution in [0.2, 0.25) is 0 Å². The van der Waals surface area contributed by atoms with Crippen molar-refractivity contribution in [3.05, 3.63) is 29.8 Å². The average Bonchev–Trinajstić information content (AvgIpc) is 2.57. The number of benzene rings is 1. The predicted molar refractivity (Wildman–Crippen MR) is 102 cm³/mol. The molecule has 0 aromatic heterocycles. The Bertz CT molecular complexity index is 756. The highest BCUT2D eigenvalue weighted by atomic mass is 32.2. The van der Waals surface area contributed by atoms with Crippen LogP contribution in [-0.4, -0.2) is 26.6 Å². The highest BCUT2D eigenvalue weighted by Crippen LogP contribution is 2.32. The van der Waals surface area contributed by atoms with E-state index in [1.54, 1.807) is 32.9 Å². The summed E-state index contributed by atoms with van der Waals surface area (Å²) in [6.07, 6.45) is 0.953. The summed E-state index contributed by atoms with van der Waals surface area (Å²) in [6.45, 7) is 11.4. The molecule has 26 heavy (non-hydrogen) atoms. The standard InChI is InChI=1S/C20H30O5S/c1-8-14(2)16-9-11-17(12-10-16)26(23,24)25-13-20(7,15(3)21)18(22)19(4,5)6/h9-12,14H,8,13H2,1-7H3. The predicted octanol–water partition coefficient (Wildman–Crippen LogP) is 4.12. The highest BCUT2D eigenvalue weighted by molar-refractivity contribution is 7.86. The van der Waals surface area contributed by atoms with Gasteiger partial charge in [-0.2, -0.15) is 8.42 Å². The van der Waals surface area contributed by atoms with Crippen LogP contribution in [0.3, 0.4) is 0 Å². The minimum absolute atomic E-state index is 0.0127. The molecule has 0 saturated heterocycles. The van der Waals surface area contributed by atoms with Gasteiger partial charge in [0.2, 0.25) is 0 Å². The van der Waals surface area contributed by atoms with Crippen LogP contribution in [-0.2, 0) is 23.9 Å². The molecule has 1 aromatic rings. The molecule has 6 heteroatoms. The number of carbonyl (C=O) groups is 2. The third-order valence-corrected chi connectivity index (χ3v) is 6.09. The Balaban J connectivity index is 3.05. The fourth-order valence-corrected chi connectivity index (χ4v) is 3.61. The largest absolute Gasteiger partial charge is 0.299 e. The summed E-state index contributed by atoms with van der Waals surface area (Å²) in [5.74, 6) is -0.433. The maximum absolute atomic E-state index is 12.6. The van der Waals surface area contributed by atoms with Crippen LogP contribution in [0.25, 0.3) is 0 Å². The lowest BCUT2D eigenvalue weighted by Gasteiger charge is -2.31. The lowest BCUT2D eigenvalue weighted by molar-refractivity contribution is -0.145. The molecular formula is C20H30O5S. The third kappa shape index (κ3) is 5.01. The summed E-state index contributed by atoms with van der Waals surface area (Å²) >= 11 is 0. The zero-order chi connectivity index (χ0) is 20.3. The van der Waals surface area contributed by atoms with Crippen molar-refractivity contribution in [1.82, 2.24) is 0 Å². The highest BCUT2D eigenvalue weighted by Gasteiger charge is 2.45. The van der Waals surface area contributed by atoms with Crippen molar-refractivity contribution in [3.63, 3.8) is 0 Å². The van der Waals surface area contributed by atoms with E-state index in [0.717, 1.165) is 12.0 Å². The Morgan fingerprint density at radius 1 is 1.08 bits per heavy atom. The zero-order valence-corrected chi connectivity index (χ0v) is 17.6. The van der Waals surface area contributed by atoms with Crippen molar-refractivity contribution in [3.8, 4) is 0 Å². The van der Waals surface area contributed by atoms with Crippen LogP contribution >= 0.6 is 0 Å². The Labute approximate surface area is 157 Å². The van der Waals surface area contributed by atoms with Gasteiger partial charge >= 0.3 is 0 Å². The summed E-state index contributed by atoms with van der Waals surface area (Å²) in [7, 11) is -4.06. The molecule has 146 valence electrons. The van der Waals surface area contributed by atoms with E-state index in [1.165, 1.54) is 26.0 Å². The van der Waals surface area contributed by atoms with Gasteiger partial charge in [0.25, 0.3) is 10.1 Å². The molecule has 0 aliphatic carbocycles. The number of carbonyl (C=O) groups excluding carboxylic acids is 2. The van der Waals surface area contributed by atoms with Crippen molar-refractivity contribution >= 4 is 21.7 Å². The molecule has 1 rings (SSSR count).